The predicted octanol–water partition coefficient (Wildman–Crippen LogP) is 1.78. The number of hydrogen-bond donors (Lipinski definition) is 3. The second-order valence-corrected chi connectivity index (χ2v) is 9.69. The van der Waals surface area contributed by atoms with Crippen LogP contribution in [0.15, 0.2) is 48.5 Å². The molecule has 10 heteroatoms. The molecule has 0 fully saturated rings. The summed E-state index contributed by atoms with van der Waals surface area (Å²) < 4.78 is 29.6. The fraction of sp³-hybridized carbons (Fsp3) is 0.125. The van der Waals surface area contributed by atoms with Crippen molar-refractivity contribution in [1.29, 1.82) is 0 Å². The van der Waals surface area contributed by atoms with E-state index in [1.165, 1.54) is 32.2 Å². The first kappa shape index (κ1) is 22.4. The zero-order valence-corrected chi connectivity index (χ0v) is 17.9. The van der Waals surface area contributed by atoms with E-state index in [2.05, 4.69) is 36.5 Å². The molecule has 26 heavy (non-hydrogen) atoms. The topological polar surface area (TPSA) is 122 Å². The van der Waals surface area contributed by atoms with Crippen molar-refractivity contribution in [3.8, 4) is 0 Å². The van der Waals surface area contributed by atoms with E-state index in [0.717, 1.165) is 3.57 Å². The van der Waals surface area contributed by atoms with E-state index in [1.54, 1.807) is 18.2 Å². The van der Waals surface area contributed by atoms with E-state index >= 15 is 0 Å². The molecule has 0 heterocycles. The number of nitrogens with one attached hydrogen (secondary N) is 1. The van der Waals surface area contributed by atoms with Crippen LogP contribution in [0.5, 0.6) is 0 Å². The van der Waals surface area contributed by atoms with Gasteiger partial charge in [0.25, 0.3) is 0 Å². The maximum Gasteiger partial charge on any atom is 0.337 e. The summed E-state index contributed by atoms with van der Waals surface area (Å²) in [6.45, 7) is 1.32. The number of anilines is 1. The number of methoxy groups -OCH3 is 1. The fourth-order valence-electron chi connectivity index (χ4n) is 1.71. The van der Waals surface area contributed by atoms with Gasteiger partial charge in [0.05, 0.1) is 12.7 Å². The molecule has 0 aliphatic heterocycles. The summed E-state index contributed by atoms with van der Waals surface area (Å²) in [5.41, 5.74) is 0.959. The third kappa shape index (κ3) is 7.30. The number of ether oxygens (including phenoxy) is 1. The van der Waals surface area contributed by atoms with Gasteiger partial charge < -0.3 is 4.74 Å². The molecule has 1 amide bonds. The third-order valence-electron chi connectivity index (χ3n) is 2.87. The number of rotatable bonds is 4. The Morgan fingerprint density at radius 3 is 2.27 bits per heavy atom. The zero-order chi connectivity index (χ0) is 19.7. The number of hydrogen-bond acceptors (Lipinski definition) is 6. The van der Waals surface area contributed by atoms with Crippen LogP contribution in [0.1, 0.15) is 17.3 Å². The summed E-state index contributed by atoms with van der Waals surface area (Å²) in [5.74, 6) is -0.585. The SMILES string of the molecule is CC(=O)Nc1cccc([As](=O)(O)OO)c1.COC(=O)c1ccc(I)cc1. The van der Waals surface area contributed by atoms with Crippen LogP contribution in [0.3, 0.4) is 0 Å². The Hall–Kier alpha value is -1.65. The van der Waals surface area contributed by atoms with Crippen molar-refractivity contribution in [2.45, 2.75) is 6.92 Å². The second-order valence-electron chi connectivity index (χ2n) is 4.83. The molecule has 0 saturated heterocycles. The summed E-state index contributed by atoms with van der Waals surface area (Å²) in [4.78, 5) is 21.6. The molecule has 0 aromatic heterocycles. The minimum atomic E-state index is -4.83. The monoisotopic (exact) mass is 537 g/mol. The minimum absolute atomic E-state index is 0.0399. The van der Waals surface area contributed by atoms with Crippen LogP contribution in [0.25, 0.3) is 0 Å². The molecular formula is C16H17AsINO7. The van der Waals surface area contributed by atoms with Gasteiger partial charge in [-0.2, -0.15) is 0 Å². The van der Waals surface area contributed by atoms with E-state index in [1.807, 2.05) is 12.1 Å². The second kappa shape index (κ2) is 10.5. The van der Waals surface area contributed by atoms with E-state index in [0.29, 0.717) is 11.3 Å². The Kier molecular flexibility index (Phi) is 9.03. The molecule has 0 aliphatic carbocycles. The van der Waals surface area contributed by atoms with Crippen LogP contribution in [-0.2, 0) is 17.1 Å². The number of carbonyl (C=O) groups is 2. The van der Waals surface area contributed by atoms with Gasteiger partial charge in [-0.1, -0.05) is 0 Å². The molecule has 8 nitrogen and oxygen atoms in total. The Labute approximate surface area is 166 Å². The standard InChI is InChI=1S/C8H10AsNO5.C8H7IO2/c1-6(11)10-8-4-2-3-7(5-8)9(12,13)15-14;1-11-8(10)6-2-4-7(9)5-3-6/h2-5,14H,1H3,(H,10,11)(H,12,13);2-5H,1H3. The van der Waals surface area contributed by atoms with Gasteiger partial charge >= 0.3 is 94.4 Å². The number of carbonyl (C=O) groups excluding carboxylic acids is 2. The van der Waals surface area contributed by atoms with E-state index in [-0.39, 0.29) is 16.2 Å². The number of halogens is 1. The van der Waals surface area contributed by atoms with Crippen LogP contribution in [0.4, 0.5) is 5.69 Å². The molecule has 0 radical (unpaired) electrons. The van der Waals surface area contributed by atoms with Crippen LogP contribution >= 0.6 is 22.6 Å². The number of esters is 1. The van der Waals surface area contributed by atoms with Crippen LogP contribution in [0.2, 0.25) is 0 Å². The minimum Gasteiger partial charge on any atom is -0.465 e. The molecular weight excluding hydrogens is 520 g/mol. The molecule has 140 valence electrons. The average molecular weight is 537 g/mol. The van der Waals surface area contributed by atoms with Crippen molar-refractivity contribution in [2.75, 3.05) is 12.4 Å². The summed E-state index contributed by atoms with van der Waals surface area (Å²) in [5, 5.41) is 10.7. The Bertz CT molecular complexity index is 811. The maximum atomic E-state index is 11.3. The van der Waals surface area contributed by atoms with Crippen molar-refractivity contribution >= 4 is 58.7 Å². The molecule has 2 aromatic carbocycles. The van der Waals surface area contributed by atoms with Gasteiger partial charge in [0, 0.05) is 3.57 Å². The van der Waals surface area contributed by atoms with Crippen molar-refractivity contribution in [3.63, 3.8) is 0 Å². The van der Waals surface area contributed by atoms with Crippen LogP contribution in [0, 0.1) is 3.57 Å². The number of benzene rings is 2. The van der Waals surface area contributed by atoms with E-state index < -0.39 is 14.2 Å². The molecule has 1 unspecified atom stereocenters. The largest absolute Gasteiger partial charge is 0.465 e. The van der Waals surface area contributed by atoms with Crippen molar-refractivity contribution in [2.24, 2.45) is 0 Å². The molecule has 0 saturated carbocycles. The quantitative estimate of drug-likeness (QED) is 0.179. The fourth-order valence-corrected chi connectivity index (χ4v) is 3.48. The summed E-state index contributed by atoms with van der Waals surface area (Å²) >= 11 is -2.65. The van der Waals surface area contributed by atoms with Gasteiger partial charge in [-0.3, -0.25) is 0 Å². The first-order valence-electron chi connectivity index (χ1n) is 7.07. The van der Waals surface area contributed by atoms with Crippen molar-refractivity contribution < 1.29 is 31.3 Å². The molecule has 1 atom stereocenters. The Balaban J connectivity index is 0.000000273. The van der Waals surface area contributed by atoms with E-state index in [4.69, 9.17) is 5.26 Å². The normalized spacial score (nSPS) is 12.2. The van der Waals surface area contributed by atoms with Crippen LogP contribution < -0.4 is 9.67 Å². The smallest absolute Gasteiger partial charge is 0.337 e. The van der Waals surface area contributed by atoms with Crippen molar-refractivity contribution in [1.82, 2.24) is 0 Å². The van der Waals surface area contributed by atoms with Gasteiger partial charge in [-0.05, 0) is 46.9 Å². The Morgan fingerprint density at radius 2 is 1.77 bits per heavy atom. The average Bonchev–Trinajstić information content (AvgIpc) is 2.62. The van der Waals surface area contributed by atoms with Gasteiger partial charge in [0.2, 0.25) is 0 Å². The maximum absolute atomic E-state index is 11.3. The molecule has 3 N–H and O–H groups in total. The summed E-state index contributed by atoms with van der Waals surface area (Å²) in [6.07, 6.45) is 0. The van der Waals surface area contributed by atoms with Crippen LogP contribution in [-0.4, -0.2) is 42.5 Å². The zero-order valence-electron chi connectivity index (χ0n) is 13.9. The molecule has 0 spiro atoms. The first-order valence-corrected chi connectivity index (χ1v) is 11.5. The molecule has 0 aliphatic rings. The van der Waals surface area contributed by atoms with Gasteiger partial charge in [-0.25, -0.2) is 4.79 Å². The van der Waals surface area contributed by atoms with E-state index in [9.17, 15) is 17.4 Å². The summed E-state index contributed by atoms with van der Waals surface area (Å²) in [6, 6.07) is 12.9. The predicted molar refractivity (Wildman–Crippen MR) is 103 cm³/mol. The molecule has 0 bridgehead atoms. The van der Waals surface area contributed by atoms with Gasteiger partial charge in [0.1, 0.15) is 0 Å². The Morgan fingerprint density at radius 1 is 1.15 bits per heavy atom. The molecule has 2 rings (SSSR count). The third-order valence-corrected chi connectivity index (χ3v) is 6.01. The summed E-state index contributed by atoms with van der Waals surface area (Å²) in [7, 11) is 1.38. The first-order chi connectivity index (χ1) is 12.2. The van der Waals surface area contributed by atoms with Crippen molar-refractivity contribution in [3.05, 3.63) is 57.7 Å². The van der Waals surface area contributed by atoms with Gasteiger partial charge in [0.15, 0.2) is 0 Å². The van der Waals surface area contributed by atoms with Gasteiger partial charge in [-0.15, -0.1) is 0 Å². The number of amides is 1. The molecule has 2 aromatic rings.